The summed E-state index contributed by atoms with van der Waals surface area (Å²) in [6, 6.07) is -0.109. The van der Waals surface area contributed by atoms with Crippen LogP contribution in [0.4, 0.5) is 5.82 Å². The molecule has 2 rings (SSSR count). The van der Waals surface area contributed by atoms with Crippen LogP contribution in [-0.4, -0.2) is 53.8 Å². The Morgan fingerprint density at radius 3 is 2.60 bits per heavy atom. The third-order valence-corrected chi connectivity index (χ3v) is 5.16. The highest BCUT2D eigenvalue weighted by Gasteiger charge is 2.28. The van der Waals surface area contributed by atoms with E-state index >= 15 is 0 Å². The van der Waals surface area contributed by atoms with Crippen molar-refractivity contribution in [3.63, 3.8) is 0 Å². The van der Waals surface area contributed by atoms with Gasteiger partial charge < -0.3 is 11.1 Å². The topological polar surface area (TPSA) is 131 Å². The first-order chi connectivity index (χ1) is 9.44. The summed E-state index contributed by atoms with van der Waals surface area (Å²) in [5.74, 6) is -0.431. The number of nitrogen functional groups attached to an aromatic ring is 1. The number of sulfonamides is 1. The van der Waals surface area contributed by atoms with Crippen LogP contribution in [0.15, 0.2) is 4.63 Å². The Bertz CT molecular complexity index is 576. The van der Waals surface area contributed by atoms with Gasteiger partial charge in [-0.05, 0) is 30.1 Å². The standard InChI is InChI=1S/C10H17N5O4S/c1-2-20(17,18)15-5-3-7(4-6-15)12-10(16)8-9(11)14-19-13-8/h7H,2-6H2,1H3,(H2,11,14)(H,12,16). The number of nitrogens with two attached hydrogens (primary N) is 1. The summed E-state index contributed by atoms with van der Waals surface area (Å²) in [4.78, 5) is 11.8. The summed E-state index contributed by atoms with van der Waals surface area (Å²) in [7, 11) is -3.16. The molecule has 1 amide bonds. The van der Waals surface area contributed by atoms with Gasteiger partial charge in [-0.1, -0.05) is 0 Å². The zero-order valence-electron chi connectivity index (χ0n) is 11.1. The van der Waals surface area contributed by atoms with Gasteiger partial charge >= 0.3 is 0 Å². The van der Waals surface area contributed by atoms with E-state index in [1.54, 1.807) is 6.92 Å². The molecule has 1 aromatic heterocycles. The first kappa shape index (κ1) is 14.7. The number of nitrogens with zero attached hydrogens (tertiary/aromatic N) is 3. The van der Waals surface area contributed by atoms with Crippen LogP contribution in [0.3, 0.4) is 0 Å². The lowest BCUT2D eigenvalue weighted by Crippen LogP contribution is -2.47. The molecule has 0 aliphatic carbocycles. The molecule has 1 aromatic rings. The molecule has 0 radical (unpaired) electrons. The number of rotatable bonds is 4. The van der Waals surface area contributed by atoms with Crippen molar-refractivity contribution in [2.45, 2.75) is 25.8 Å². The van der Waals surface area contributed by atoms with Gasteiger partial charge in [-0.3, -0.25) is 4.79 Å². The first-order valence-corrected chi connectivity index (χ1v) is 7.91. The van der Waals surface area contributed by atoms with Crippen molar-refractivity contribution in [1.82, 2.24) is 19.9 Å². The SMILES string of the molecule is CCS(=O)(=O)N1CCC(NC(=O)c2nonc2N)CC1. The average molecular weight is 303 g/mol. The number of anilines is 1. The number of hydrogen-bond donors (Lipinski definition) is 2. The van der Waals surface area contributed by atoms with Crippen LogP contribution in [0.25, 0.3) is 0 Å². The van der Waals surface area contributed by atoms with E-state index in [2.05, 4.69) is 20.3 Å². The number of amides is 1. The van der Waals surface area contributed by atoms with Crippen molar-refractivity contribution in [2.24, 2.45) is 0 Å². The summed E-state index contributed by atoms with van der Waals surface area (Å²) in [6.45, 7) is 2.41. The van der Waals surface area contributed by atoms with E-state index in [0.29, 0.717) is 25.9 Å². The number of hydrogen-bond acceptors (Lipinski definition) is 7. The number of carbonyl (C=O) groups is 1. The minimum absolute atomic E-state index is 0.0476. The molecule has 0 atom stereocenters. The summed E-state index contributed by atoms with van der Waals surface area (Å²) in [5, 5.41) is 9.50. The van der Waals surface area contributed by atoms with Crippen molar-refractivity contribution in [3.05, 3.63) is 5.69 Å². The van der Waals surface area contributed by atoms with Crippen molar-refractivity contribution in [2.75, 3.05) is 24.6 Å². The predicted octanol–water partition coefficient (Wildman–Crippen LogP) is -0.804. The van der Waals surface area contributed by atoms with Gasteiger partial charge in [-0.25, -0.2) is 17.4 Å². The molecule has 2 heterocycles. The predicted molar refractivity (Wildman–Crippen MR) is 70.2 cm³/mol. The lowest BCUT2D eigenvalue weighted by molar-refractivity contribution is 0.0914. The van der Waals surface area contributed by atoms with Crippen LogP contribution in [0, 0.1) is 0 Å². The average Bonchev–Trinajstić information content (AvgIpc) is 2.85. The highest BCUT2D eigenvalue weighted by atomic mass is 32.2. The molecule has 0 bridgehead atoms. The quantitative estimate of drug-likeness (QED) is 0.744. The molecule has 1 saturated heterocycles. The van der Waals surface area contributed by atoms with Gasteiger partial charge in [0.2, 0.25) is 21.5 Å². The maximum absolute atomic E-state index is 11.8. The van der Waals surface area contributed by atoms with Crippen molar-refractivity contribution in [1.29, 1.82) is 0 Å². The molecule has 9 nitrogen and oxygen atoms in total. The molecule has 0 spiro atoms. The minimum Gasteiger partial charge on any atom is -0.379 e. The third kappa shape index (κ3) is 3.07. The Kier molecular flexibility index (Phi) is 4.23. The number of nitrogens with one attached hydrogen (secondary N) is 1. The van der Waals surface area contributed by atoms with E-state index in [1.165, 1.54) is 4.31 Å². The van der Waals surface area contributed by atoms with Gasteiger partial charge in [0.05, 0.1) is 5.75 Å². The lowest BCUT2D eigenvalue weighted by atomic mass is 10.1. The molecular formula is C10H17N5O4S. The molecule has 1 fully saturated rings. The van der Waals surface area contributed by atoms with E-state index in [1.807, 2.05) is 0 Å². The molecule has 112 valence electrons. The fraction of sp³-hybridized carbons (Fsp3) is 0.700. The Hall–Kier alpha value is -1.68. The molecular weight excluding hydrogens is 286 g/mol. The molecule has 1 aliphatic rings. The molecule has 0 saturated carbocycles. The van der Waals surface area contributed by atoms with E-state index < -0.39 is 15.9 Å². The van der Waals surface area contributed by atoms with Crippen molar-refractivity contribution < 1.29 is 17.8 Å². The minimum atomic E-state index is -3.16. The third-order valence-electron chi connectivity index (χ3n) is 3.28. The Morgan fingerprint density at radius 2 is 2.10 bits per heavy atom. The molecule has 3 N–H and O–H groups in total. The van der Waals surface area contributed by atoms with Crippen LogP contribution in [0.5, 0.6) is 0 Å². The van der Waals surface area contributed by atoms with Crippen LogP contribution >= 0.6 is 0 Å². The first-order valence-electron chi connectivity index (χ1n) is 6.30. The largest absolute Gasteiger partial charge is 0.379 e. The lowest BCUT2D eigenvalue weighted by Gasteiger charge is -2.31. The number of aromatic nitrogens is 2. The summed E-state index contributed by atoms with van der Waals surface area (Å²) >= 11 is 0. The molecule has 1 aliphatic heterocycles. The number of piperidine rings is 1. The fourth-order valence-corrected chi connectivity index (χ4v) is 3.20. The van der Waals surface area contributed by atoms with Gasteiger partial charge in [0.15, 0.2) is 0 Å². The van der Waals surface area contributed by atoms with E-state index in [-0.39, 0.29) is 23.3 Å². The van der Waals surface area contributed by atoms with Gasteiger partial charge in [0.1, 0.15) is 0 Å². The van der Waals surface area contributed by atoms with Gasteiger partial charge in [-0.2, -0.15) is 0 Å². The van der Waals surface area contributed by atoms with Crippen LogP contribution < -0.4 is 11.1 Å². The Morgan fingerprint density at radius 1 is 1.45 bits per heavy atom. The van der Waals surface area contributed by atoms with Crippen molar-refractivity contribution in [3.8, 4) is 0 Å². The molecule has 20 heavy (non-hydrogen) atoms. The molecule has 10 heteroatoms. The normalized spacial score (nSPS) is 18.1. The van der Waals surface area contributed by atoms with Crippen LogP contribution in [0.1, 0.15) is 30.3 Å². The van der Waals surface area contributed by atoms with E-state index in [0.717, 1.165) is 0 Å². The van der Waals surface area contributed by atoms with Crippen molar-refractivity contribution >= 4 is 21.7 Å². The summed E-state index contributed by atoms with van der Waals surface area (Å²) < 4.78 is 29.2. The summed E-state index contributed by atoms with van der Waals surface area (Å²) in [5.41, 5.74) is 5.38. The fourth-order valence-electron chi connectivity index (χ4n) is 2.07. The smallest absolute Gasteiger partial charge is 0.277 e. The highest BCUT2D eigenvalue weighted by molar-refractivity contribution is 7.89. The Labute approximate surface area is 116 Å². The van der Waals surface area contributed by atoms with Crippen LogP contribution in [0.2, 0.25) is 0 Å². The number of carbonyl (C=O) groups excluding carboxylic acids is 1. The maximum Gasteiger partial charge on any atom is 0.277 e. The zero-order valence-corrected chi connectivity index (χ0v) is 11.9. The molecule has 0 aromatic carbocycles. The second-order valence-corrected chi connectivity index (χ2v) is 6.80. The van der Waals surface area contributed by atoms with Gasteiger partial charge in [-0.15, -0.1) is 0 Å². The van der Waals surface area contributed by atoms with Gasteiger partial charge in [0, 0.05) is 19.1 Å². The highest BCUT2D eigenvalue weighted by Crippen LogP contribution is 2.15. The second-order valence-electron chi connectivity index (χ2n) is 4.55. The van der Waals surface area contributed by atoms with E-state index in [9.17, 15) is 13.2 Å². The maximum atomic E-state index is 11.8. The summed E-state index contributed by atoms with van der Waals surface area (Å²) in [6.07, 6.45) is 1.10. The zero-order chi connectivity index (χ0) is 14.8. The van der Waals surface area contributed by atoms with E-state index in [4.69, 9.17) is 5.73 Å². The monoisotopic (exact) mass is 303 g/mol. The second kappa shape index (κ2) is 5.75. The Balaban J connectivity index is 1.89. The van der Waals surface area contributed by atoms with Crippen LogP contribution in [-0.2, 0) is 10.0 Å². The van der Waals surface area contributed by atoms with Gasteiger partial charge in [0.25, 0.3) is 5.91 Å². The molecule has 0 unspecified atom stereocenters.